The van der Waals surface area contributed by atoms with Crippen LogP contribution in [0.5, 0.6) is 0 Å². The predicted octanol–water partition coefficient (Wildman–Crippen LogP) is 1.63. The van der Waals surface area contributed by atoms with Gasteiger partial charge in [0.2, 0.25) is 0 Å². The number of aliphatic hydroxyl groups is 1. The van der Waals surface area contributed by atoms with E-state index in [-0.39, 0.29) is 11.6 Å². The Hall–Kier alpha value is -0.0800. The van der Waals surface area contributed by atoms with Gasteiger partial charge in [0.15, 0.2) is 0 Å². The average Bonchev–Trinajstić information content (AvgIpc) is 2.36. The van der Waals surface area contributed by atoms with Gasteiger partial charge in [0, 0.05) is 18.1 Å². The van der Waals surface area contributed by atoms with Crippen LogP contribution in [0, 0.1) is 5.92 Å². The predicted molar refractivity (Wildman–Crippen MR) is 53.6 cm³/mol. The largest absolute Gasteiger partial charge is 0.393 e. The third-order valence-electron chi connectivity index (χ3n) is 3.65. The maximum Gasteiger partial charge on any atom is 0.0581 e. The second kappa shape index (κ2) is 2.96. The third kappa shape index (κ3) is 1.62. The van der Waals surface area contributed by atoms with E-state index in [1.54, 1.807) is 0 Å². The van der Waals surface area contributed by atoms with Crippen LogP contribution < -0.4 is 0 Å². The molecule has 2 fully saturated rings. The number of hydrogen-bond acceptors (Lipinski definition) is 2. The molecule has 1 saturated carbocycles. The number of likely N-dealkylation sites (tertiary alicyclic amines) is 1. The Morgan fingerprint density at radius 1 is 1.23 bits per heavy atom. The number of nitrogens with zero attached hydrogens (tertiary/aromatic N) is 1. The molecule has 1 heterocycles. The molecule has 0 unspecified atom stereocenters. The fourth-order valence-corrected chi connectivity index (χ4v) is 2.93. The average molecular weight is 183 g/mol. The minimum absolute atomic E-state index is 0.0244. The first-order valence-corrected chi connectivity index (χ1v) is 5.43. The highest BCUT2D eigenvalue weighted by Crippen LogP contribution is 2.39. The standard InChI is InChI=1S/C11H21NO/c1-11(2,3)12-7-8-6-9(12)4-5-10(8)13/h8-10,13H,4-7H2,1-3H3/t8-,9+,10-/m1/s1. The molecule has 0 amide bonds. The molecular formula is C11H21NO. The normalized spacial score (nSPS) is 41.1. The van der Waals surface area contributed by atoms with E-state index in [0.29, 0.717) is 5.92 Å². The fraction of sp³-hybridized carbons (Fsp3) is 1.00. The van der Waals surface area contributed by atoms with E-state index in [4.69, 9.17) is 0 Å². The summed E-state index contributed by atoms with van der Waals surface area (Å²) < 4.78 is 0. The molecular weight excluding hydrogens is 162 g/mol. The Labute approximate surface area is 80.9 Å². The lowest BCUT2D eigenvalue weighted by Crippen LogP contribution is -2.44. The monoisotopic (exact) mass is 183 g/mol. The van der Waals surface area contributed by atoms with Crippen LogP contribution in [0.25, 0.3) is 0 Å². The molecule has 2 heteroatoms. The number of rotatable bonds is 0. The van der Waals surface area contributed by atoms with Gasteiger partial charge in [-0.15, -0.1) is 0 Å². The molecule has 1 saturated heterocycles. The van der Waals surface area contributed by atoms with Crippen molar-refractivity contribution < 1.29 is 5.11 Å². The van der Waals surface area contributed by atoms with Gasteiger partial charge in [-0.2, -0.15) is 0 Å². The van der Waals surface area contributed by atoms with Crippen molar-refractivity contribution in [2.45, 2.75) is 57.7 Å². The van der Waals surface area contributed by atoms with Crippen molar-refractivity contribution in [3.63, 3.8) is 0 Å². The fourth-order valence-electron chi connectivity index (χ4n) is 2.93. The summed E-state index contributed by atoms with van der Waals surface area (Å²) in [5.41, 5.74) is 0.281. The van der Waals surface area contributed by atoms with Crippen LogP contribution in [-0.4, -0.2) is 34.2 Å². The molecule has 2 bridgehead atoms. The van der Waals surface area contributed by atoms with E-state index < -0.39 is 0 Å². The molecule has 76 valence electrons. The first kappa shape index (κ1) is 9.47. The van der Waals surface area contributed by atoms with Gasteiger partial charge in [0.25, 0.3) is 0 Å². The lowest BCUT2D eigenvalue weighted by atomic mass is 9.87. The van der Waals surface area contributed by atoms with Crippen LogP contribution in [0.15, 0.2) is 0 Å². The van der Waals surface area contributed by atoms with Gasteiger partial charge in [-0.3, -0.25) is 4.90 Å². The maximum atomic E-state index is 9.75. The zero-order valence-electron chi connectivity index (χ0n) is 8.95. The lowest BCUT2D eigenvalue weighted by molar-refractivity contribution is 0.0881. The summed E-state index contributed by atoms with van der Waals surface area (Å²) in [5, 5.41) is 9.75. The SMILES string of the molecule is CC(C)(C)N1C[C@H]2C[C@@H]1CC[C@H]2O. The van der Waals surface area contributed by atoms with Gasteiger partial charge >= 0.3 is 0 Å². The number of hydrogen-bond donors (Lipinski definition) is 1. The Morgan fingerprint density at radius 2 is 1.92 bits per heavy atom. The van der Waals surface area contributed by atoms with E-state index >= 15 is 0 Å². The highest BCUT2D eigenvalue weighted by Gasteiger charge is 2.43. The summed E-state index contributed by atoms with van der Waals surface area (Å²) in [6, 6.07) is 0.744. The van der Waals surface area contributed by atoms with Crippen molar-refractivity contribution in [2.24, 2.45) is 5.92 Å². The summed E-state index contributed by atoms with van der Waals surface area (Å²) in [4.78, 5) is 2.58. The van der Waals surface area contributed by atoms with Gasteiger partial charge in [0.1, 0.15) is 0 Å². The van der Waals surface area contributed by atoms with E-state index in [0.717, 1.165) is 19.0 Å². The molecule has 1 N–H and O–H groups in total. The van der Waals surface area contributed by atoms with Crippen LogP contribution in [0.1, 0.15) is 40.0 Å². The van der Waals surface area contributed by atoms with Gasteiger partial charge in [-0.25, -0.2) is 0 Å². The summed E-state index contributed by atoms with van der Waals surface area (Å²) in [6.45, 7) is 7.94. The van der Waals surface area contributed by atoms with E-state index in [2.05, 4.69) is 25.7 Å². The third-order valence-corrected chi connectivity index (χ3v) is 3.65. The van der Waals surface area contributed by atoms with Crippen molar-refractivity contribution in [3.05, 3.63) is 0 Å². The molecule has 2 aliphatic rings. The molecule has 3 atom stereocenters. The van der Waals surface area contributed by atoms with Gasteiger partial charge in [-0.1, -0.05) is 0 Å². The molecule has 1 aliphatic heterocycles. The quantitative estimate of drug-likeness (QED) is 0.617. The highest BCUT2D eigenvalue weighted by molar-refractivity contribution is 4.97. The molecule has 0 radical (unpaired) electrons. The first-order valence-electron chi connectivity index (χ1n) is 5.43. The van der Waals surface area contributed by atoms with E-state index in [1.165, 1.54) is 12.8 Å². The topological polar surface area (TPSA) is 23.5 Å². The molecule has 2 rings (SSSR count). The molecule has 0 aromatic rings. The lowest BCUT2D eigenvalue weighted by Gasteiger charge is -2.36. The van der Waals surface area contributed by atoms with Crippen molar-refractivity contribution in [3.8, 4) is 0 Å². The Balaban J connectivity index is 2.10. The number of fused-ring (bicyclic) bond motifs is 2. The molecule has 0 aromatic carbocycles. The minimum Gasteiger partial charge on any atom is -0.393 e. The molecule has 1 aliphatic carbocycles. The minimum atomic E-state index is -0.0244. The second-order valence-electron chi connectivity index (χ2n) is 5.62. The van der Waals surface area contributed by atoms with Gasteiger partial charge in [-0.05, 0) is 46.0 Å². The summed E-state index contributed by atoms with van der Waals surface area (Å²) in [6.07, 6.45) is 3.40. The van der Waals surface area contributed by atoms with Crippen molar-refractivity contribution in [2.75, 3.05) is 6.54 Å². The molecule has 2 nitrogen and oxygen atoms in total. The van der Waals surface area contributed by atoms with E-state index in [9.17, 15) is 5.11 Å². The summed E-state index contributed by atoms with van der Waals surface area (Å²) >= 11 is 0. The summed E-state index contributed by atoms with van der Waals surface area (Å²) in [5.74, 6) is 0.554. The maximum absolute atomic E-state index is 9.75. The number of aliphatic hydroxyl groups excluding tert-OH is 1. The van der Waals surface area contributed by atoms with Gasteiger partial charge in [0.05, 0.1) is 6.10 Å². The molecule has 13 heavy (non-hydrogen) atoms. The van der Waals surface area contributed by atoms with E-state index in [1.807, 2.05) is 0 Å². The van der Waals surface area contributed by atoms with Crippen LogP contribution in [0.4, 0.5) is 0 Å². The smallest absolute Gasteiger partial charge is 0.0581 e. The van der Waals surface area contributed by atoms with Crippen molar-refractivity contribution in [1.82, 2.24) is 4.90 Å². The van der Waals surface area contributed by atoms with Crippen LogP contribution >= 0.6 is 0 Å². The zero-order chi connectivity index (χ0) is 9.64. The Kier molecular flexibility index (Phi) is 2.16. The van der Waals surface area contributed by atoms with Crippen LogP contribution in [0.3, 0.4) is 0 Å². The van der Waals surface area contributed by atoms with Crippen molar-refractivity contribution >= 4 is 0 Å². The zero-order valence-corrected chi connectivity index (χ0v) is 8.95. The molecule has 0 spiro atoms. The van der Waals surface area contributed by atoms with Crippen LogP contribution in [0.2, 0.25) is 0 Å². The Bertz CT molecular complexity index is 197. The van der Waals surface area contributed by atoms with Gasteiger partial charge < -0.3 is 5.11 Å². The van der Waals surface area contributed by atoms with Crippen molar-refractivity contribution in [1.29, 1.82) is 0 Å². The van der Waals surface area contributed by atoms with Crippen LogP contribution in [-0.2, 0) is 0 Å². The highest BCUT2D eigenvalue weighted by atomic mass is 16.3. The second-order valence-corrected chi connectivity index (χ2v) is 5.62. The molecule has 0 aromatic heterocycles. The first-order chi connectivity index (χ1) is 5.98. The summed E-state index contributed by atoms with van der Waals surface area (Å²) in [7, 11) is 0. The Morgan fingerprint density at radius 3 is 2.46 bits per heavy atom.